The van der Waals surface area contributed by atoms with Gasteiger partial charge >= 0.3 is 0 Å². The van der Waals surface area contributed by atoms with Gasteiger partial charge in [0.05, 0.1) is 17.6 Å². The van der Waals surface area contributed by atoms with E-state index < -0.39 is 0 Å². The van der Waals surface area contributed by atoms with Gasteiger partial charge in [-0.3, -0.25) is 9.59 Å². The van der Waals surface area contributed by atoms with Gasteiger partial charge in [-0.25, -0.2) is 4.98 Å². The Kier molecular flexibility index (Phi) is 5.80. The highest BCUT2D eigenvalue weighted by Crippen LogP contribution is 2.27. The minimum Gasteiger partial charge on any atom is -0.367 e. The summed E-state index contributed by atoms with van der Waals surface area (Å²) in [5.41, 5.74) is 0.950. The first-order chi connectivity index (χ1) is 14.5. The molecule has 0 aliphatic heterocycles. The first-order valence-corrected chi connectivity index (χ1v) is 10.1. The van der Waals surface area contributed by atoms with Gasteiger partial charge in [-0.05, 0) is 50.3 Å². The fourth-order valence-electron chi connectivity index (χ4n) is 3.57. The van der Waals surface area contributed by atoms with Crippen molar-refractivity contribution >= 4 is 23.3 Å². The Morgan fingerprint density at radius 1 is 1.30 bits per heavy atom. The van der Waals surface area contributed by atoms with E-state index in [0.717, 1.165) is 25.1 Å². The predicted octanol–water partition coefficient (Wildman–Crippen LogP) is 2.59. The summed E-state index contributed by atoms with van der Waals surface area (Å²) in [6.45, 7) is 2.37. The highest BCUT2D eigenvalue weighted by Gasteiger charge is 2.25. The van der Waals surface area contributed by atoms with Crippen molar-refractivity contribution in [1.29, 1.82) is 0 Å². The standard InChI is InChI=1S/C20H21ClN6O3/c1-12-8-16(30-26-12)20(29)23-10-13-2-3-14(9-13)24-18-6-4-15(11-22-18)27-19(28)7-5-17(21)25-27/h4-8,11,13-14H,2-3,9-10H2,1H3,(H,22,24)(H,23,29)/t13-,14+/m1/s1. The molecule has 0 aromatic carbocycles. The fraction of sp³-hybridized carbons (Fsp3) is 0.350. The SMILES string of the molecule is Cc1cc(C(=O)NC[C@@H]2CC[C@H](Nc3ccc(-n4nc(Cl)ccc4=O)cn3)C2)on1. The van der Waals surface area contributed by atoms with Crippen LogP contribution in [0.4, 0.5) is 5.82 Å². The molecule has 9 nitrogen and oxygen atoms in total. The van der Waals surface area contributed by atoms with E-state index in [0.29, 0.717) is 23.8 Å². The molecule has 0 unspecified atom stereocenters. The monoisotopic (exact) mass is 428 g/mol. The third kappa shape index (κ3) is 4.68. The molecule has 1 fully saturated rings. The molecule has 2 atom stereocenters. The molecule has 3 heterocycles. The number of nitrogens with one attached hydrogen (secondary N) is 2. The van der Waals surface area contributed by atoms with E-state index in [4.69, 9.17) is 16.1 Å². The van der Waals surface area contributed by atoms with Crippen LogP contribution in [0.25, 0.3) is 5.69 Å². The fourth-order valence-corrected chi connectivity index (χ4v) is 3.70. The highest BCUT2D eigenvalue weighted by atomic mass is 35.5. The zero-order chi connectivity index (χ0) is 21.1. The Morgan fingerprint density at radius 3 is 2.90 bits per heavy atom. The molecule has 2 N–H and O–H groups in total. The number of halogens is 1. The highest BCUT2D eigenvalue weighted by molar-refractivity contribution is 6.29. The van der Waals surface area contributed by atoms with E-state index in [-0.39, 0.29) is 28.4 Å². The molecule has 10 heteroatoms. The minimum atomic E-state index is -0.275. The smallest absolute Gasteiger partial charge is 0.289 e. The molecule has 3 aromatic rings. The number of anilines is 1. The van der Waals surface area contributed by atoms with Crippen molar-refractivity contribution < 1.29 is 9.32 Å². The maximum absolute atomic E-state index is 12.1. The molecule has 1 aliphatic rings. The maximum atomic E-state index is 12.1. The number of hydrogen-bond donors (Lipinski definition) is 2. The maximum Gasteiger partial charge on any atom is 0.289 e. The van der Waals surface area contributed by atoms with Gasteiger partial charge in [0.1, 0.15) is 11.0 Å². The summed E-state index contributed by atoms with van der Waals surface area (Å²) in [5, 5.41) is 14.3. The minimum absolute atomic E-state index is 0.234. The number of carbonyl (C=O) groups is 1. The molecule has 30 heavy (non-hydrogen) atoms. The molecule has 156 valence electrons. The van der Waals surface area contributed by atoms with Crippen molar-refractivity contribution in [2.24, 2.45) is 5.92 Å². The number of rotatable bonds is 6. The number of aromatic nitrogens is 4. The molecule has 1 amide bonds. The van der Waals surface area contributed by atoms with Crippen LogP contribution in [0.15, 0.2) is 45.8 Å². The van der Waals surface area contributed by atoms with Gasteiger partial charge in [-0.2, -0.15) is 9.78 Å². The van der Waals surface area contributed by atoms with Crippen LogP contribution in [0.2, 0.25) is 5.15 Å². The molecule has 0 bridgehead atoms. The lowest BCUT2D eigenvalue weighted by Crippen LogP contribution is -2.28. The third-order valence-corrected chi connectivity index (χ3v) is 5.26. The van der Waals surface area contributed by atoms with E-state index in [9.17, 15) is 9.59 Å². The molecule has 1 aliphatic carbocycles. The van der Waals surface area contributed by atoms with E-state index in [1.54, 1.807) is 25.3 Å². The molecule has 1 saturated carbocycles. The number of hydrogen-bond acceptors (Lipinski definition) is 7. The number of nitrogens with zero attached hydrogens (tertiary/aromatic N) is 4. The second-order valence-corrected chi connectivity index (χ2v) is 7.76. The van der Waals surface area contributed by atoms with Gasteiger partial charge in [0.25, 0.3) is 11.5 Å². The molecule has 0 spiro atoms. The van der Waals surface area contributed by atoms with Crippen LogP contribution in [-0.4, -0.2) is 38.4 Å². The molecular weight excluding hydrogens is 408 g/mol. The van der Waals surface area contributed by atoms with Gasteiger partial charge in [0, 0.05) is 24.7 Å². The van der Waals surface area contributed by atoms with Gasteiger partial charge in [0.2, 0.25) is 5.76 Å². The van der Waals surface area contributed by atoms with Gasteiger partial charge in [0.15, 0.2) is 0 Å². The number of pyridine rings is 1. The Labute approximate surface area is 177 Å². The van der Waals surface area contributed by atoms with Crippen molar-refractivity contribution in [2.45, 2.75) is 32.2 Å². The second-order valence-electron chi connectivity index (χ2n) is 7.37. The molecule has 0 radical (unpaired) electrons. The summed E-state index contributed by atoms with van der Waals surface area (Å²) in [7, 11) is 0. The lowest BCUT2D eigenvalue weighted by molar-refractivity contribution is 0.0910. The average molecular weight is 429 g/mol. The summed E-state index contributed by atoms with van der Waals surface area (Å²) in [4.78, 5) is 28.4. The van der Waals surface area contributed by atoms with Crippen molar-refractivity contribution in [2.75, 3.05) is 11.9 Å². The normalized spacial score (nSPS) is 18.3. The Morgan fingerprint density at radius 2 is 2.17 bits per heavy atom. The van der Waals surface area contributed by atoms with Crippen LogP contribution in [-0.2, 0) is 0 Å². The van der Waals surface area contributed by atoms with Crippen molar-refractivity contribution in [1.82, 2.24) is 25.2 Å². The molecule has 0 saturated heterocycles. The van der Waals surface area contributed by atoms with Crippen molar-refractivity contribution in [3.05, 3.63) is 63.5 Å². The van der Waals surface area contributed by atoms with Crippen LogP contribution in [0.5, 0.6) is 0 Å². The number of aryl methyl sites for hydroxylation is 1. The Hall–Kier alpha value is -3.20. The lowest BCUT2D eigenvalue weighted by Gasteiger charge is -2.14. The van der Waals surface area contributed by atoms with Crippen LogP contribution < -0.4 is 16.2 Å². The van der Waals surface area contributed by atoms with Crippen LogP contribution >= 0.6 is 11.6 Å². The largest absolute Gasteiger partial charge is 0.367 e. The second kappa shape index (κ2) is 8.66. The summed E-state index contributed by atoms with van der Waals surface area (Å²) in [6.07, 6.45) is 4.50. The van der Waals surface area contributed by atoms with Crippen LogP contribution in [0, 0.1) is 12.8 Å². The molecule has 4 rings (SSSR count). The molecule has 3 aromatic heterocycles. The average Bonchev–Trinajstić information content (AvgIpc) is 3.37. The topological polar surface area (TPSA) is 115 Å². The summed E-state index contributed by atoms with van der Waals surface area (Å²) in [5.74, 6) is 1.09. The van der Waals surface area contributed by atoms with Crippen LogP contribution in [0.3, 0.4) is 0 Å². The third-order valence-electron chi connectivity index (χ3n) is 5.06. The van der Waals surface area contributed by atoms with Crippen molar-refractivity contribution in [3.63, 3.8) is 0 Å². The zero-order valence-electron chi connectivity index (χ0n) is 16.3. The predicted molar refractivity (Wildman–Crippen MR) is 111 cm³/mol. The van der Waals surface area contributed by atoms with E-state index in [1.165, 1.54) is 16.8 Å². The van der Waals surface area contributed by atoms with E-state index in [1.807, 2.05) is 6.07 Å². The molecular formula is C20H21ClN6O3. The lowest BCUT2D eigenvalue weighted by atomic mass is 10.1. The summed E-state index contributed by atoms with van der Waals surface area (Å²) < 4.78 is 6.19. The van der Waals surface area contributed by atoms with E-state index >= 15 is 0 Å². The van der Waals surface area contributed by atoms with Gasteiger partial charge in [-0.15, -0.1) is 0 Å². The van der Waals surface area contributed by atoms with Gasteiger partial charge in [-0.1, -0.05) is 16.8 Å². The Balaban J connectivity index is 1.29. The first-order valence-electron chi connectivity index (χ1n) is 9.68. The summed E-state index contributed by atoms with van der Waals surface area (Å²) >= 11 is 5.87. The van der Waals surface area contributed by atoms with Gasteiger partial charge < -0.3 is 15.2 Å². The number of carbonyl (C=O) groups excluding carboxylic acids is 1. The quantitative estimate of drug-likeness (QED) is 0.620. The zero-order valence-corrected chi connectivity index (χ0v) is 17.1. The first kappa shape index (κ1) is 20.1. The number of amides is 1. The van der Waals surface area contributed by atoms with E-state index in [2.05, 4.69) is 25.9 Å². The van der Waals surface area contributed by atoms with Crippen LogP contribution in [0.1, 0.15) is 35.5 Å². The Bertz CT molecular complexity index is 1090. The summed E-state index contributed by atoms with van der Waals surface area (Å²) in [6, 6.07) is 8.29. The van der Waals surface area contributed by atoms with Crippen molar-refractivity contribution in [3.8, 4) is 5.69 Å².